The molecule has 3 aromatic carbocycles. The second-order valence-electron chi connectivity index (χ2n) is 9.44. The summed E-state index contributed by atoms with van der Waals surface area (Å²) in [6, 6.07) is 30.9. The maximum atomic E-state index is 14.0. The number of carbonyl (C=O) groups is 1. The van der Waals surface area contributed by atoms with Crippen LogP contribution in [0.25, 0.3) is 16.8 Å². The van der Waals surface area contributed by atoms with Gasteiger partial charge in [0.1, 0.15) is 11.7 Å². The summed E-state index contributed by atoms with van der Waals surface area (Å²) < 4.78 is 13.6. The Morgan fingerprint density at radius 1 is 0.892 bits per heavy atom. The fourth-order valence-corrected chi connectivity index (χ4v) is 4.10. The molecule has 186 valence electrons. The van der Waals surface area contributed by atoms with Gasteiger partial charge in [-0.05, 0) is 51.0 Å². The molecular formula is C31H29N3O3. The minimum absolute atomic E-state index is 0.210. The van der Waals surface area contributed by atoms with Gasteiger partial charge in [-0.15, -0.1) is 0 Å². The first-order valence-electron chi connectivity index (χ1n) is 12.0. The number of nitrogens with zero attached hydrogens (tertiary/aromatic N) is 3. The average Bonchev–Trinajstić information content (AvgIpc) is 3.21. The predicted octanol–water partition coefficient (Wildman–Crippen LogP) is 6.38. The van der Waals surface area contributed by atoms with Crippen LogP contribution in [0.5, 0.6) is 5.88 Å². The summed E-state index contributed by atoms with van der Waals surface area (Å²) in [5.74, 6) is -0.205. The Balaban J connectivity index is 2.12. The van der Waals surface area contributed by atoms with Crippen molar-refractivity contribution in [3.05, 3.63) is 113 Å². The van der Waals surface area contributed by atoms with Crippen molar-refractivity contribution < 1.29 is 14.3 Å². The molecule has 0 atom stereocenters. The summed E-state index contributed by atoms with van der Waals surface area (Å²) in [5, 5.41) is 14.1. The van der Waals surface area contributed by atoms with Crippen LogP contribution < -0.4 is 4.74 Å². The SMILES string of the molecule is Cc1nn(-c2ccccc2)c(OCC#N)c1C(C(=O)OC(C)(C)C)=C(c1ccccc1)c1ccccc1. The van der Waals surface area contributed by atoms with Crippen LogP contribution >= 0.6 is 0 Å². The molecule has 0 aliphatic rings. The second-order valence-corrected chi connectivity index (χ2v) is 9.44. The third-order valence-corrected chi connectivity index (χ3v) is 5.52. The maximum absolute atomic E-state index is 14.0. The molecule has 6 nitrogen and oxygen atoms in total. The van der Waals surface area contributed by atoms with Crippen LogP contribution in [0.4, 0.5) is 0 Å². The number of nitriles is 1. The van der Waals surface area contributed by atoms with E-state index in [0.29, 0.717) is 28.3 Å². The molecule has 6 heteroatoms. The lowest BCUT2D eigenvalue weighted by Crippen LogP contribution is -2.25. The van der Waals surface area contributed by atoms with Gasteiger partial charge in [0.2, 0.25) is 5.88 Å². The van der Waals surface area contributed by atoms with E-state index in [1.165, 1.54) is 0 Å². The maximum Gasteiger partial charge on any atom is 0.340 e. The molecule has 0 saturated heterocycles. The number of aromatic nitrogens is 2. The topological polar surface area (TPSA) is 77.1 Å². The zero-order valence-corrected chi connectivity index (χ0v) is 21.4. The normalized spacial score (nSPS) is 10.9. The largest absolute Gasteiger partial charge is 0.462 e. The van der Waals surface area contributed by atoms with Gasteiger partial charge in [-0.2, -0.15) is 10.4 Å². The van der Waals surface area contributed by atoms with Crippen molar-refractivity contribution in [3.8, 4) is 17.6 Å². The first-order chi connectivity index (χ1) is 17.8. The van der Waals surface area contributed by atoms with Crippen LogP contribution in [-0.4, -0.2) is 28.0 Å². The number of hydrogen-bond acceptors (Lipinski definition) is 5. The van der Waals surface area contributed by atoms with Gasteiger partial charge in [0, 0.05) is 5.57 Å². The summed E-state index contributed by atoms with van der Waals surface area (Å²) in [6.07, 6.45) is 0. The molecular weight excluding hydrogens is 462 g/mol. The van der Waals surface area contributed by atoms with Crippen LogP contribution in [0.15, 0.2) is 91.0 Å². The number of esters is 1. The lowest BCUT2D eigenvalue weighted by atomic mass is 9.89. The Kier molecular flexibility index (Phi) is 7.55. The van der Waals surface area contributed by atoms with Crippen molar-refractivity contribution in [3.63, 3.8) is 0 Å². The third-order valence-electron chi connectivity index (χ3n) is 5.52. The highest BCUT2D eigenvalue weighted by atomic mass is 16.6. The number of ether oxygens (including phenoxy) is 2. The van der Waals surface area contributed by atoms with E-state index in [1.54, 1.807) is 4.68 Å². The molecule has 0 N–H and O–H groups in total. The van der Waals surface area contributed by atoms with E-state index < -0.39 is 11.6 Å². The Morgan fingerprint density at radius 3 is 1.89 bits per heavy atom. The van der Waals surface area contributed by atoms with E-state index in [1.807, 2.05) is 125 Å². The third kappa shape index (κ3) is 5.79. The van der Waals surface area contributed by atoms with E-state index in [9.17, 15) is 10.1 Å². The van der Waals surface area contributed by atoms with Crippen molar-refractivity contribution >= 4 is 17.1 Å². The smallest absolute Gasteiger partial charge is 0.340 e. The fraction of sp³-hybridized carbons (Fsp3) is 0.194. The average molecular weight is 492 g/mol. The van der Waals surface area contributed by atoms with Gasteiger partial charge in [0.25, 0.3) is 0 Å². The number of benzene rings is 3. The number of carbonyl (C=O) groups excluding carboxylic acids is 1. The van der Waals surface area contributed by atoms with Crippen LogP contribution in [0.1, 0.15) is 43.2 Å². The molecule has 0 spiro atoms. The minimum atomic E-state index is -0.738. The Hall–Kier alpha value is -4.63. The van der Waals surface area contributed by atoms with Gasteiger partial charge in [-0.25, -0.2) is 9.48 Å². The quantitative estimate of drug-likeness (QED) is 0.221. The molecule has 0 radical (unpaired) electrons. The van der Waals surface area contributed by atoms with E-state index in [0.717, 1.165) is 16.8 Å². The van der Waals surface area contributed by atoms with E-state index >= 15 is 0 Å². The summed E-state index contributed by atoms with van der Waals surface area (Å²) in [4.78, 5) is 14.0. The van der Waals surface area contributed by atoms with E-state index in [-0.39, 0.29) is 6.61 Å². The summed E-state index contributed by atoms with van der Waals surface area (Å²) in [7, 11) is 0. The highest BCUT2D eigenvalue weighted by Gasteiger charge is 2.32. The Labute approximate surface area is 217 Å². The standard InChI is InChI=1S/C31H29N3O3/c1-22-26(29(36-21-20-32)34(33-22)25-18-12-7-13-19-25)28(30(35)37-31(2,3)4)27(23-14-8-5-9-15-23)24-16-10-6-11-17-24/h5-19H,21H2,1-4H3. The molecule has 4 aromatic rings. The number of rotatable bonds is 7. The van der Waals surface area contributed by atoms with Crippen LogP contribution in [0.2, 0.25) is 0 Å². The van der Waals surface area contributed by atoms with Crippen molar-refractivity contribution in [1.82, 2.24) is 9.78 Å². The first-order valence-corrected chi connectivity index (χ1v) is 12.0. The molecule has 37 heavy (non-hydrogen) atoms. The monoisotopic (exact) mass is 491 g/mol. The molecule has 0 bridgehead atoms. The van der Waals surface area contributed by atoms with Gasteiger partial charge in [0.15, 0.2) is 6.61 Å². The molecule has 0 saturated carbocycles. The predicted molar refractivity (Wildman–Crippen MR) is 144 cm³/mol. The summed E-state index contributed by atoms with van der Waals surface area (Å²) in [5.41, 5.74) is 3.75. The molecule has 1 aromatic heterocycles. The minimum Gasteiger partial charge on any atom is -0.462 e. The van der Waals surface area contributed by atoms with Crippen molar-refractivity contribution in [2.75, 3.05) is 6.61 Å². The molecule has 1 heterocycles. The Morgan fingerprint density at radius 2 is 1.41 bits per heavy atom. The molecule has 0 unspecified atom stereocenters. The van der Waals surface area contributed by atoms with Gasteiger partial charge in [0.05, 0.1) is 22.5 Å². The molecule has 0 aliphatic carbocycles. The molecule has 0 aliphatic heterocycles. The zero-order valence-electron chi connectivity index (χ0n) is 21.4. The lowest BCUT2D eigenvalue weighted by molar-refractivity contribution is -0.147. The molecule has 4 rings (SSSR count). The van der Waals surface area contributed by atoms with Crippen LogP contribution in [0.3, 0.4) is 0 Å². The Bertz CT molecular complexity index is 1400. The second kappa shape index (κ2) is 11.0. The molecule has 0 fully saturated rings. The first kappa shape index (κ1) is 25.5. The summed E-state index contributed by atoms with van der Waals surface area (Å²) in [6.45, 7) is 7.12. The zero-order chi connectivity index (χ0) is 26.4. The van der Waals surface area contributed by atoms with Gasteiger partial charge in [-0.1, -0.05) is 78.9 Å². The number of para-hydroxylation sites is 1. The van der Waals surface area contributed by atoms with E-state index in [4.69, 9.17) is 14.6 Å². The number of aryl methyl sites for hydroxylation is 1. The highest BCUT2D eigenvalue weighted by molar-refractivity contribution is 6.27. The summed E-state index contributed by atoms with van der Waals surface area (Å²) >= 11 is 0. The van der Waals surface area contributed by atoms with Gasteiger partial charge >= 0.3 is 5.97 Å². The molecule has 0 amide bonds. The van der Waals surface area contributed by atoms with E-state index in [2.05, 4.69) is 0 Å². The number of hydrogen-bond donors (Lipinski definition) is 0. The van der Waals surface area contributed by atoms with Crippen molar-refractivity contribution in [2.45, 2.75) is 33.3 Å². The van der Waals surface area contributed by atoms with Gasteiger partial charge < -0.3 is 9.47 Å². The van der Waals surface area contributed by atoms with Gasteiger partial charge in [-0.3, -0.25) is 0 Å². The lowest BCUT2D eigenvalue weighted by Gasteiger charge is -2.23. The highest BCUT2D eigenvalue weighted by Crippen LogP contribution is 2.40. The van der Waals surface area contributed by atoms with Crippen molar-refractivity contribution in [2.24, 2.45) is 0 Å². The fourth-order valence-electron chi connectivity index (χ4n) is 4.10. The van der Waals surface area contributed by atoms with Crippen LogP contribution in [-0.2, 0) is 9.53 Å². The van der Waals surface area contributed by atoms with Crippen LogP contribution in [0, 0.1) is 18.3 Å². The van der Waals surface area contributed by atoms with Crippen molar-refractivity contribution in [1.29, 1.82) is 5.26 Å².